The number of Topliss-reactive ketones (excluding diaryl/α,β-unsaturated/α-hetero) is 1. The first-order valence-electron chi connectivity index (χ1n) is 3.94. The number of ether oxygens (including phenoxy) is 2. The first-order valence-corrected chi connectivity index (χ1v) is 3.94. The number of hydrogen-bond donors (Lipinski definition) is 0. The van der Waals surface area contributed by atoms with Gasteiger partial charge in [-0.15, -0.1) is 0 Å². The molecule has 1 atom stereocenters. The van der Waals surface area contributed by atoms with E-state index in [1.807, 2.05) is 0 Å². The average molecular weight is 206 g/mol. The maximum atomic E-state index is 12.9. The van der Waals surface area contributed by atoms with E-state index >= 15 is 0 Å². The van der Waals surface area contributed by atoms with Crippen LogP contribution < -0.4 is 0 Å². The molecule has 0 aliphatic rings. The normalized spacial score (nSPS) is 11.6. The van der Waals surface area contributed by atoms with E-state index in [-0.39, 0.29) is 6.61 Å². The minimum atomic E-state index is -2.19. The number of alkyl halides is 1. The van der Waals surface area contributed by atoms with Crippen molar-refractivity contribution in [3.8, 4) is 0 Å². The standard InChI is InChI=1S/C8H11FO5/c1-3-14-8(12)7(11)5(9)4-6(10)13-2/h5H,3-4H2,1-2H3. The van der Waals surface area contributed by atoms with Gasteiger partial charge >= 0.3 is 11.9 Å². The van der Waals surface area contributed by atoms with Gasteiger partial charge in [-0.05, 0) is 6.92 Å². The summed E-state index contributed by atoms with van der Waals surface area (Å²) in [6, 6.07) is 0. The van der Waals surface area contributed by atoms with E-state index in [4.69, 9.17) is 0 Å². The third-order valence-corrected chi connectivity index (χ3v) is 1.33. The van der Waals surface area contributed by atoms with Crippen LogP contribution in [-0.4, -0.2) is 37.6 Å². The Balaban J connectivity index is 4.11. The molecule has 0 amide bonds. The molecule has 14 heavy (non-hydrogen) atoms. The first-order chi connectivity index (χ1) is 6.52. The average Bonchev–Trinajstić information content (AvgIpc) is 2.16. The van der Waals surface area contributed by atoms with Gasteiger partial charge in [0.1, 0.15) is 0 Å². The van der Waals surface area contributed by atoms with Gasteiger partial charge in [-0.25, -0.2) is 9.18 Å². The van der Waals surface area contributed by atoms with Crippen LogP contribution in [0.2, 0.25) is 0 Å². The second-order valence-corrected chi connectivity index (χ2v) is 2.33. The molecule has 0 aromatic carbocycles. The van der Waals surface area contributed by atoms with Crippen molar-refractivity contribution in [3.05, 3.63) is 0 Å². The summed E-state index contributed by atoms with van der Waals surface area (Å²) in [4.78, 5) is 32.1. The molecule has 0 aliphatic carbocycles. The van der Waals surface area contributed by atoms with Crippen LogP contribution >= 0.6 is 0 Å². The van der Waals surface area contributed by atoms with Crippen LogP contribution in [0.5, 0.6) is 0 Å². The minimum absolute atomic E-state index is 0.0183. The molecule has 80 valence electrons. The van der Waals surface area contributed by atoms with Gasteiger partial charge in [-0.2, -0.15) is 0 Å². The van der Waals surface area contributed by atoms with Gasteiger partial charge < -0.3 is 9.47 Å². The second-order valence-electron chi connectivity index (χ2n) is 2.33. The monoisotopic (exact) mass is 206 g/mol. The molecule has 0 rings (SSSR count). The third-order valence-electron chi connectivity index (χ3n) is 1.33. The van der Waals surface area contributed by atoms with Gasteiger partial charge in [0.15, 0.2) is 6.17 Å². The van der Waals surface area contributed by atoms with E-state index in [0.717, 1.165) is 7.11 Å². The Labute approximate surface area is 80.2 Å². The van der Waals surface area contributed by atoms with E-state index in [1.165, 1.54) is 6.92 Å². The number of carbonyl (C=O) groups excluding carboxylic acids is 3. The number of rotatable bonds is 5. The number of halogens is 1. The minimum Gasteiger partial charge on any atom is -0.469 e. The summed E-state index contributed by atoms with van der Waals surface area (Å²) in [5.41, 5.74) is 0. The highest BCUT2D eigenvalue weighted by Gasteiger charge is 2.28. The molecule has 0 bridgehead atoms. The maximum Gasteiger partial charge on any atom is 0.377 e. The fourth-order valence-electron chi connectivity index (χ4n) is 0.652. The van der Waals surface area contributed by atoms with E-state index < -0.39 is 30.3 Å². The summed E-state index contributed by atoms with van der Waals surface area (Å²) in [5, 5.41) is 0. The van der Waals surface area contributed by atoms with Crippen LogP contribution in [0.3, 0.4) is 0 Å². The number of esters is 2. The fraction of sp³-hybridized carbons (Fsp3) is 0.625. The zero-order valence-electron chi connectivity index (χ0n) is 7.91. The smallest absolute Gasteiger partial charge is 0.377 e. The Hall–Kier alpha value is -1.46. The number of methoxy groups -OCH3 is 1. The van der Waals surface area contributed by atoms with Gasteiger partial charge in [-0.3, -0.25) is 9.59 Å². The number of ketones is 1. The van der Waals surface area contributed by atoms with Gasteiger partial charge in [-0.1, -0.05) is 0 Å². The molecule has 0 radical (unpaired) electrons. The first kappa shape index (κ1) is 12.5. The van der Waals surface area contributed by atoms with Gasteiger partial charge in [0.25, 0.3) is 5.78 Å². The lowest BCUT2D eigenvalue weighted by molar-refractivity contribution is -0.157. The van der Waals surface area contributed by atoms with E-state index in [9.17, 15) is 18.8 Å². The van der Waals surface area contributed by atoms with Crippen molar-refractivity contribution in [1.82, 2.24) is 0 Å². The van der Waals surface area contributed by atoms with Crippen LogP contribution in [0.1, 0.15) is 13.3 Å². The fourth-order valence-corrected chi connectivity index (χ4v) is 0.652. The molecule has 5 nitrogen and oxygen atoms in total. The van der Waals surface area contributed by atoms with Crippen molar-refractivity contribution in [1.29, 1.82) is 0 Å². The van der Waals surface area contributed by atoms with Crippen molar-refractivity contribution in [3.63, 3.8) is 0 Å². The summed E-state index contributed by atoms with van der Waals surface area (Å²) in [6.45, 7) is 1.47. The molecule has 1 unspecified atom stereocenters. The van der Waals surface area contributed by atoms with Crippen molar-refractivity contribution in [2.24, 2.45) is 0 Å². The van der Waals surface area contributed by atoms with Crippen LogP contribution in [0.4, 0.5) is 4.39 Å². The lowest BCUT2D eigenvalue weighted by Crippen LogP contribution is -2.29. The quantitative estimate of drug-likeness (QED) is 0.468. The van der Waals surface area contributed by atoms with Crippen LogP contribution in [0.15, 0.2) is 0 Å². The predicted octanol–water partition coefficient (Wildman–Crippen LogP) is 0.0198. The molecule has 0 spiro atoms. The molecule has 0 aromatic heterocycles. The van der Waals surface area contributed by atoms with Gasteiger partial charge in [0.2, 0.25) is 0 Å². The molecule has 0 N–H and O–H groups in total. The van der Waals surface area contributed by atoms with E-state index in [2.05, 4.69) is 9.47 Å². The molecule has 0 aromatic rings. The van der Waals surface area contributed by atoms with Crippen LogP contribution in [0.25, 0.3) is 0 Å². The molecule has 0 saturated heterocycles. The van der Waals surface area contributed by atoms with Crippen LogP contribution in [-0.2, 0) is 23.9 Å². The lowest BCUT2D eigenvalue weighted by atomic mass is 10.2. The highest BCUT2D eigenvalue weighted by molar-refractivity contribution is 6.35. The SMILES string of the molecule is CCOC(=O)C(=O)C(F)CC(=O)OC. The summed E-state index contributed by atoms with van der Waals surface area (Å²) in [7, 11) is 1.06. The largest absolute Gasteiger partial charge is 0.469 e. The topological polar surface area (TPSA) is 69.7 Å². The molecule has 0 fully saturated rings. The van der Waals surface area contributed by atoms with E-state index in [1.54, 1.807) is 0 Å². The summed E-state index contributed by atoms with van der Waals surface area (Å²) in [6.07, 6.45) is -2.96. The third kappa shape index (κ3) is 3.97. The van der Waals surface area contributed by atoms with Crippen LogP contribution in [0, 0.1) is 0 Å². The Kier molecular flexibility index (Phi) is 5.43. The zero-order chi connectivity index (χ0) is 11.1. The Morgan fingerprint density at radius 2 is 1.93 bits per heavy atom. The molecule has 6 heteroatoms. The molecule has 0 heterocycles. The predicted molar refractivity (Wildman–Crippen MR) is 43.2 cm³/mol. The van der Waals surface area contributed by atoms with Crippen molar-refractivity contribution >= 4 is 17.7 Å². The van der Waals surface area contributed by atoms with Gasteiger partial charge in [0.05, 0.1) is 20.1 Å². The highest BCUT2D eigenvalue weighted by atomic mass is 19.1. The molecule has 0 aliphatic heterocycles. The summed E-state index contributed by atoms with van der Waals surface area (Å²) in [5.74, 6) is -3.53. The second kappa shape index (κ2) is 6.06. The Bertz CT molecular complexity index is 238. The molecular weight excluding hydrogens is 195 g/mol. The maximum absolute atomic E-state index is 12.9. The zero-order valence-corrected chi connectivity index (χ0v) is 7.91. The highest BCUT2D eigenvalue weighted by Crippen LogP contribution is 2.02. The van der Waals surface area contributed by atoms with E-state index in [0.29, 0.717) is 0 Å². The number of hydrogen-bond acceptors (Lipinski definition) is 5. The lowest BCUT2D eigenvalue weighted by Gasteiger charge is -2.04. The summed E-state index contributed by atoms with van der Waals surface area (Å²) < 4.78 is 21.2. The Morgan fingerprint density at radius 3 is 2.36 bits per heavy atom. The van der Waals surface area contributed by atoms with Gasteiger partial charge in [0, 0.05) is 0 Å². The molecular formula is C8H11FO5. The van der Waals surface area contributed by atoms with Crippen molar-refractivity contribution in [2.45, 2.75) is 19.5 Å². The number of carbonyl (C=O) groups is 3. The van der Waals surface area contributed by atoms with Crippen molar-refractivity contribution < 1.29 is 28.2 Å². The van der Waals surface area contributed by atoms with Crippen molar-refractivity contribution in [2.75, 3.05) is 13.7 Å². The molecule has 0 saturated carbocycles. The Morgan fingerprint density at radius 1 is 1.36 bits per heavy atom. The summed E-state index contributed by atoms with van der Waals surface area (Å²) >= 11 is 0.